The molecule has 1 atom stereocenters. The summed E-state index contributed by atoms with van der Waals surface area (Å²) in [6.07, 6.45) is 0. The molecular weight excluding hydrogens is 240 g/mol. The number of nitrogens with zero attached hydrogens (tertiary/aromatic N) is 2. The van der Waals surface area contributed by atoms with E-state index in [4.69, 9.17) is 5.11 Å². The molecule has 0 amide bonds. The van der Waals surface area contributed by atoms with Crippen LogP contribution in [0.25, 0.3) is 0 Å². The Hall–Kier alpha value is -1.39. The van der Waals surface area contributed by atoms with Gasteiger partial charge in [-0.05, 0) is 39.2 Å². The van der Waals surface area contributed by atoms with Crippen LogP contribution in [0.5, 0.6) is 0 Å². The zero-order valence-electron chi connectivity index (χ0n) is 12.3. The lowest BCUT2D eigenvalue weighted by molar-refractivity contribution is -0.138. The van der Waals surface area contributed by atoms with Gasteiger partial charge in [0.2, 0.25) is 0 Å². The lowest BCUT2D eigenvalue weighted by Crippen LogP contribution is -2.28. The molecule has 1 aromatic rings. The summed E-state index contributed by atoms with van der Waals surface area (Å²) in [6, 6.07) is 7.85. The number of carboxylic acids is 1. The van der Waals surface area contributed by atoms with E-state index in [1.165, 1.54) is 5.56 Å². The second-order valence-electron chi connectivity index (χ2n) is 5.34. The molecular formula is C15H24N2O2. The van der Waals surface area contributed by atoms with Crippen LogP contribution in [0.15, 0.2) is 24.3 Å². The van der Waals surface area contributed by atoms with Gasteiger partial charge < -0.3 is 14.9 Å². The summed E-state index contributed by atoms with van der Waals surface area (Å²) in [5, 5.41) is 8.96. The third-order valence-electron chi connectivity index (χ3n) is 3.23. The van der Waals surface area contributed by atoms with Gasteiger partial charge in [-0.1, -0.05) is 24.3 Å². The Balaban J connectivity index is 2.54. The average molecular weight is 264 g/mol. The van der Waals surface area contributed by atoms with Gasteiger partial charge in [-0.2, -0.15) is 0 Å². The normalized spacial score (nSPS) is 12.9. The van der Waals surface area contributed by atoms with Crippen molar-refractivity contribution in [3.8, 4) is 0 Å². The summed E-state index contributed by atoms with van der Waals surface area (Å²) >= 11 is 0. The van der Waals surface area contributed by atoms with Crippen molar-refractivity contribution in [1.29, 1.82) is 0 Å². The number of likely N-dealkylation sites (N-methyl/N-ethyl adjacent to an activating group) is 2. The first kappa shape index (κ1) is 15.7. The highest BCUT2D eigenvalue weighted by atomic mass is 16.4. The highest BCUT2D eigenvalue weighted by molar-refractivity contribution is 5.75. The van der Waals surface area contributed by atoms with Gasteiger partial charge in [0.25, 0.3) is 0 Å². The van der Waals surface area contributed by atoms with Gasteiger partial charge in [-0.3, -0.25) is 4.79 Å². The summed E-state index contributed by atoms with van der Waals surface area (Å²) in [5.41, 5.74) is 2.06. The van der Waals surface area contributed by atoms with Gasteiger partial charge in [0.05, 0.1) is 5.92 Å². The molecule has 1 rings (SSSR count). The van der Waals surface area contributed by atoms with Gasteiger partial charge in [-0.25, -0.2) is 0 Å². The van der Waals surface area contributed by atoms with Crippen molar-refractivity contribution in [3.05, 3.63) is 35.4 Å². The first-order valence-electron chi connectivity index (χ1n) is 6.55. The van der Waals surface area contributed by atoms with Crippen LogP contribution < -0.4 is 0 Å². The maximum Gasteiger partial charge on any atom is 0.310 e. The van der Waals surface area contributed by atoms with Gasteiger partial charge >= 0.3 is 5.97 Å². The first-order valence-corrected chi connectivity index (χ1v) is 6.55. The molecule has 0 aliphatic carbocycles. The Labute approximate surface area is 115 Å². The fourth-order valence-corrected chi connectivity index (χ4v) is 1.82. The predicted octanol–water partition coefficient (Wildman–Crippen LogP) is 1.87. The third kappa shape index (κ3) is 5.41. The molecule has 0 aliphatic heterocycles. The quantitative estimate of drug-likeness (QED) is 0.816. The standard InChI is InChI=1S/C15H24N2O2/c1-12(15(18)19)14-7-5-13(6-8-14)11-17(4)10-9-16(2)3/h5-8,12H,9-11H2,1-4H3,(H,18,19). The van der Waals surface area contributed by atoms with E-state index in [2.05, 4.69) is 30.9 Å². The first-order chi connectivity index (χ1) is 8.90. The highest BCUT2D eigenvalue weighted by Gasteiger charge is 2.13. The highest BCUT2D eigenvalue weighted by Crippen LogP contribution is 2.16. The van der Waals surface area contributed by atoms with Crippen LogP contribution in [0.1, 0.15) is 24.0 Å². The molecule has 0 heterocycles. The minimum Gasteiger partial charge on any atom is -0.481 e. The number of rotatable bonds is 7. The minimum atomic E-state index is -0.782. The minimum absolute atomic E-state index is 0.444. The maximum atomic E-state index is 10.9. The second kappa shape index (κ2) is 7.26. The monoisotopic (exact) mass is 264 g/mol. The van der Waals surface area contributed by atoms with E-state index in [-0.39, 0.29) is 0 Å². The topological polar surface area (TPSA) is 43.8 Å². The predicted molar refractivity (Wildman–Crippen MR) is 77.4 cm³/mol. The molecule has 0 saturated carbocycles. The smallest absolute Gasteiger partial charge is 0.310 e. The molecule has 1 aromatic carbocycles. The van der Waals surface area contributed by atoms with Crippen LogP contribution in [0.3, 0.4) is 0 Å². The van der Waals surface area contributed by atoms with Crippen LogP contribution in [-0.2, 0) is 11.3 Å². The number of benzene rings is 1. The number of hydrogen-bond donors (Lipinski definition) is 1. The summed E-state index contributed by atoms with van der Waals surface area (Å²) < 4.78 is 0. The molecule has 0 saturated heterocycles. The lowest BCUT2D eigenvalue weighted by atomic mass is 10.00. The number of aliphatic carboxylic acids is 1. The number of carboxylic acid groups (broad SMARTS) is 1. The Bertz CT molecular complexity index is 401. The Morgan fingerprint density at radius 3 is 2.21 bits per heavy atom. The molecule has 0 radical (unpaired) electrons. The van der Waals surface area contributed by atoms with Crippen molar-refractivity contribution in [2.24, 2.45) is 0 Å². The molecule has 19 heavy (non-hydrogen) atoms. The van der Waals surface area contributed by atoms with E-state index in [1.54, 1.807) is 6.92 Å². The van der Waals surface area contributed by atoms with Gasteiger partial charge in [-0.15, -0.1) is 0 Å². The van der Waals surface area contributed by atoms with Crippen molar-refractivity contribution in [1.82, 2.24) is 9.80 Å². The molecule has 0 spiro atoms. The lowest BCUT2D eigenvalue weighted by Gasteiger charge is -2.19. The number of carbonyl (C=O) groups is 1. The SMILES string of the molecule is CC(C(=O)O)c1ccc(CN(C)CCN(C)C)cc1. The van der Waals surface area contributed by atoms with Crippen molar-refractivity contribution < 1.29 is 9.90 Å². The Morgan fingerprint density at radius 1 is 1.16 bits per heavy atom. The zero-order valence-corrected chi connectivity index (χ0v) is 12.3. The van der Waals surface area contributed by atoms with E-state index in [0.29, 0.717) is 0 Å². The zero-order chi connectivity index (χ0) is 14.4. The third-order valence-corrected chi connectivity index (χ3v) is 3.23. The van der Waals surface area contributed by atoms with Crippen LogP contribution in [0.2, 0.25) is 0 Å². The van der Waals surface area contributed by atoms with Crippen LogP contribution >= 0.6 is 0 Å². The van der Waals surface area contributed by atoms with Crippen LogP contribution in [-0.4, -0.2) is 55.1 Å². The van der Waals surface area contributed by atoms with Gasteiger partial charge in [0.1, 0.15) is 0 Å². The van der Waals surface area contributed by atoms with Crippen molar-refractivity contribution in [3.63, 3.8) is 0 Å². The summed E-state index contributed by atoms with van der Waals surface area (Å²) in [6.45, 7) is 4.64. The molecule has 0 aliphatic rings. The molecule has 4 nitrogen and oxygen atoms in total. The summed E-state index contributed by atoms with van der Waals surface area (Å²) in [7, 11) is 6.23. The molecule has 4 heteroatoms. The Kier molecular flexibility index (Phi) is 5.99. The fraction of sp³-hybridized carbons (Fsp3) is 0.533. The molecule has 1 unspecified atom stereocenters. The van der Waals surface area contributed by atoms with E-state index in [1.807, 2.05) is 24.3 Å². The van der Waals surface area contributed by atoms with Crippen molar-refractivity contribution >= 4 is 5.97 Å². The van der Waals surface area contributed by atoms with E-state index in [0.717, 1.165) is 25.2 Å². The molecule has 1 N–H and O–H groups in total. The van der Waals surface area contributed by atoms with Crippen molar-refractivity contribution in [2.75, 3.05) is 34.2 Å². The maximum absolute atomic E-state index is 10.9. The Morgan fingerprint density at radius 2 is 1.74 bits per heavy atom. The molecule has 0 fully saturated rings. The van der Waals surface area contributed by atoms with Crippen LogP contribution in [0.4, 0.5) is 0 Å². The second-order valence-corrected chi connectivity index (χ2v) is 5.34. The van der Waals surface area contributed by atoms with E-state index in [9.17, 15) is 4.79 Å². The van der Waals surface area contributed by atoms with Crippen LogP contribution in [0, 0.1) is 0 Å². The fourth-order valence-electron chi connectivity index (χ4n) is 1.82. The van der Waals surface area contributed by atoms with E-state index >= 15 is 0 Å². The average Bonchev–Trinajstić information content (AvgIpc) is 2.36. The molecule has 106 valence electrons. The van der Waals surface area contributed by atoms with Crippen molar-refractivity contribution in [2.45, 2.75) is 19.4 Å². The van der Waals surface area contributed by atoms with Gasteiger partial charge in [0.15, 0.2) is 0 Å². The van der Waals surface area contributed by atoms with Gasteiger partial charge in [0, 0.05) is 19.6 Å². The summed E-state index contributed by atoms with van der Waals surface area (Å²) in [5.74, 6) is -1.23. The summed E-state index contributed by atoms with van der Waals surface area (Å²) in [4.78, 5) is 15.3. The number of hydrogen-bond acceptors (Lipinski definition) is 3. The molecule has 0 aromatic heterocycles. The molecule has 0 bridgehead atoms. The largest absolute Gasteiger partial charge is 0.481 e. The van der Waals surface area contributed by atoms with E-state index < -0.39 is 11.9 Å².